The number of methoxy groups -OCH3 is 1. The molecule has 36 heavy (non-hydrogen) atoms. The summed E-state index contributed by atoms with van der Waals surface area (Å²) in [6.45, 7) is 10.1. The van der Waals surface area contributed by atoms with Crippen molar-refractivity contribution in [1.29, 1.82) is 0 Å². The number of anilines is 1. The van der Waals surface area contributed by atoms with Crippen LogP contribution in [0.15, 0.2) is 60.4 Å². The van der Waals surface area contributed by atoms with E-state index in [4.69, 9.17) is 14.2 Å². The number of allylic oxidation sites excluding steroid dienone is 1. The van der Waals surface area contributed by atoms with Crippen molar-refractivity contribution in [3.63, 3.8) is 0 Å². The fourth-order valence-corrected chi connectivity index (χ4v) is 4.91. The van der Waals surface area contributed by atoms with Crippen molar-refractivity contribution in [2.75, 3.05) is 31.8 Å². The Morgan fingerprint density at radius 3 is 2.42 bits per heavy atom. The Labute approximate surface area is 212 Å². The van der Waals surface area contributed by atoms with Crippen LogP contribution in [0.2, 0.25) is 0 Å². The topological polar surface area (TPSA) is 51.2 Å². The molecule has 6 heteroatoms. The Kier molecular flexibility index (Phi) is 6.70. The zero-order valence-electron chi connectivity index (χ0n) is 21.3. The number of hydrogen-bond acceptors (Lipinski definition) is 6. The van der Waals surface area contributed by atoms with Gasteiger partial charge in [-0.1, -0.05) is 24.3 Å². The molecule has 0 bridgehead atoms. The van der Waals surface area contributed by atoms with Gasteiger partial charge in [0.2, 0.25) is 5.78 Å². The van der Waals surface area contributed by atoms with Gasteiger partial charge in [-0.2, -0.15) is 0 Å². The molecule has 0 unspecified atom stereocenters. The first kappa shape index (κ1) is 23.9. The Morgan fingerprint density at radius 1 is 1.03 bits per heavy atom. The third-order valence-corrected chi connectivity index (χ3v) is 6.89. The van der Waals surface area contributed by atoms with E-state index in [1.165, 1.54) is 11.3 Å². The average molecular weight is 485 g/mol. The summed E-state index contributed by atoms with van der Waals surface area (Å²) in [6.07, 6.45) is 1.82. The van der Waals surface area contributed by atoms with Gasteiger partial charge in [0.05, 0.1) is 12.7 Å². The minimum atomic E-state index is -0.0870. The normalized spacial score (nSPS) is 15.8. The van der Waals surface area contributed by atoms with Crippen molar-refractivity contribution in [3.05, 3.63) is 88.2 Å². The highest BCUT2D eigenvalue weighted by Crippen LogP contribution is 2.43. The van der Waals surface area contributed by atoms with Gasteiger partial charge in [-0.05, 0) is 68.3 Å². The number of ketones is 1. The van der Waals surface area contributed by atoms with E-state index in [0.717, 1.165) is 47.8 Å². The number of rotatable bonds is 7. The van der Waals surface area contributed by atoms with Crippen LogP contribution in [-0.4, -0.2) is 37.6 Å². The molecule has 0 saturated heterocycles. The van der Waals surface area contributed by atoms with E-state index in [1.807, 2.05) is 43.3 Å². The number of Topliss-reactive ketones (excluding diaryl/α,β-unsaturated/α-hetero) is 1. The maximum absolute atomic E-state index is 13.3. The highest BCUT2D eigenvalue weighted by molar-refractivity contribution is 6.15. The van der Waals surface area contributed by atoms with Crippen LogP contribution in [0.3, 0.4) is 0 Å². The van der Waals surface area contributed by atoms with E-state index in [-0.39, 0.29) is 5.78 Å². The van der Waals surface area contributed by atoms with Crippen LogP contribution in [0, 0.1) is 6.92 Å². The predicted molar refractivity (Wildman–Crippen MR) is 142 cm³/mol. The van der Waals surface area contributed by atoms with Gasteiger partial charge in [0.15, 0.2) is 5.76 Å². The van der Waals surface area contributed by atoms with Crippen LogP contribution in [-0.2, 0) is 13.1 Å². The van der Waals surface area contributed by atoms with Crippen LogP contribution < -0.4 is 19.1 Å². The molecular weight excluding hydrogens is 452 g/mol. The van der Waals surface area contributed by atoms with Crippen LogP contribution in [0.25, 0.3) is 6.08 Å². The quantitative estimate of drug-likeness (QED) is 0.394. The lowest BCUT2D eigenvalue weighted by Gasteiger charge is -2.30. The number of nitrogens with zero attached hydrogens (tertiary/aromatic N) is 2. The second-order valence-corrected chi connectivity index (χ2v) is 9.18. The first-order valence-corrected chi connectivity index (χ1v) is 12.4. The van der Waals surface area contributed by atoms with Crippen LogP contribution >= 0.6 is 0 Å². The molecule has 6 nitrogen and oxygen atoms in total. The monoisotopic (exact) mass is 484 g/mol. The maximum Gasteiger partial charge on any atom is 0.231 e. The van der Waals surface area contributed by atoms with Gasteiger partial charge in [-0.3, -0.25) is 9.69 Å². The van der Waals surface area contributed by atoms with Crippen molar-refractivity contribution < 1.29 is 19.0 Å². The summed E-state index contributed by atoms with van der Waals surface area (Å²) >= 11 is 0. The molecule has 3 aromatic rings. The summed E-state index contributed by atoms with van der Waals surface area (Å²) < 4.78 is 17.5. The SMILES string of the molecule is CCN(CC)c1ccc(/C=C2\Oc3c(cc4c(c3C)OCN(Cc3ccc(OC)cc3)C4)C2=O)cc1. The van der Waals surface area contributed by atoms with E-state index in [1.54, 1.807) is 7.11 Å². The van der Waals surface area contributed by atoms with Gasteiger partial charge < -0.3 is 19.1 Å². The molecule has 0 atom stereocenters. The molecule has 5 rings (SSSR count). The fraction of sp³-hybridized carbons (Fsp3) is 0.300. The molecular formula is C30H32N2O4. The van der Waals surface area contributed by atoms with Gasteiger partial charge in [0.25, 0.3) is 0 Å². The largest absolute Gasteiger partial charge is 0.497 e. The molecule has 0 amide bonds. The molecule has 0 aromatic heterocycles. The smallest absolute Gasteiger partial charge is 0.231 e. The van der Waals surface area contributed by atoms with E-state index >= 15 is 0 Å². The van der Waals surface area contributed by atoms with Crippen molar-refractivity contribution in [3.8, 4) is 17.2 Å². The lowest BCUT2D eigenvalue weighted by atomic mass is 9.99. The molecule has 186 valence electrons. The highest BCUT2D eigenvalue weighted by Gasteiger charge is 2.33. The number of ether oxygens (including phenoxy) is 3. The third kappa shape index (κ3) is 4.56. The van der Waals surface area contributed by atoms with E-state index in [9.17, 15) is 4.79 Å². The van der Waals surface area contributed by atoms with Crippen LogP contribution in [0.4, 0.5) is 5.69 Å². The van der Waals surface area contributed by atoms with E-state index in [0.29, 0.717) is 30.3 Å². The van der Waals surface area contributed by atoms with Crippen molar-refractivity contribution in [1.82, 2.24) is 4.90 Å². The molecule has 2 aliphatic heterocycles. The third-order valence-electron chi connectivity index (χ3n) is 6.89. The number of benzene rings is 3. The molecule has 0 spiro atoms. The minimum Gasteiger partial charge on any atom is -0.497 e. The average Bonchev–Trinajstić information content (AvgIpc) is 3.21. The molecule has 0 aliphatic carbocycles. The zero-order chi connectivity index (χ0) is 25.2. The van der Waals surface area contributed by atoms with Gasteiger partial charge in [-0.15, -0.1) is 0 Å². The van der Waals surface area contributed by atoms with E-state index < -0.39 is 0 Å². The summed E-state index contributed by atoms with van der Waals surface area (Å²) in [5, 5.41) is 0. The number of fused-ring (bicyclic) bond motifs is 2. The van der Waals surface area contributed by atoms with E-state index in [2.05, 4.69) is 47.9 Å². The first-order valence-electron chi connectivity index (χ1n) is 12.4. The maximum atomic E-state index is 13.3. The molecule has 0 radical (unpaired) electrons. The van der Waals surface area contributed by atoms with Crippen molar-refractivity contribution in [2.24, 2.45) is 0 Å². The first-order chi connectivity index (χ1) is 17.5. The number of carbonyl (C=O) groups excluding carboxylic acids is 1. The standard InChI is InChI=1S/C30H32N2O4/c1-5-32(6-2)24-11-7-21(8-12-24)15-27-28(33)26-16-23-18-31(17-22-9-13-25(34-4)14-10-22)19-35-29(23)20(3)30(26)36-27/h7-16H,5-6,17-19H2,1-4H3/b27-15-. The zero-order valence-corrected chi connectivity index (χ0v) is 21.3. The van der Waals surface area contributed by atoms with Gasteiger partial charge in [0, 0.05) is 43.0 Å². The number of hydrogen-bond donors (Lipinski definition) is 0. The second-order valence-electron chi connectivity index (χ2n) is 9.18. The van der Waals surface area contributed by atoms with Gasteiger partial charge >= 0.3 is 0 Å². The summed E-state index contributed by atoms with van der Waals surface area (Å²) in [5.41, 5.74) is 5.77. The van der Waals surface area contributed by atoms with Gasteiger partial charge in [0.1, 0.15) is 24.0 Å². The Hall–Kier alpha value is -3.77. The molecule has 3 aromatic carbocycles. The van der Waals surface area contributed by atoms with Crippen molar-refractivity contribution in [2.45, 2.75) is 33.9 Å². The summed E-state index contributed by atoms with van der Waals surface area (Å²) in [6, 6.07) is 18.2. The van der Waals surface area contributed by atoms with Crippen LogP contribution in [0.1, 0.15) is 46.5 Å². The molecule has 0 N–H and O–H groups in total. The predicted octanol–water partition coefficient (Wildman–Crippen LogP) is 5.82. The lowest BCUT2D eigenvalue weighted by molar-refractivity contribution is 0.0876. The summed E-state index contributed by atoms with van der Waals surface area (Å²) in [7, 11) is 1.67. The minimum absolute atomic E-state index is 0.0870. The Bertz CT molecular complexity index is 1290. The molecule has 0 fully saturated rings. The van der Waals surface area contributed by atoms with Crippen molar-refractivity contribution >= 4 is 17.5 Å². The Morgan fingerprint density at radius 2 is 1.75 bits per heavy atom. The second kappa shape index (κ2) is 10.1. The highest BCUT2D eigenvalue weighted by atomic mass is 16.5. The number of carbonyl (C=O) groups is 1. The molecule has 2 aliphatic rings. The molecule has 2 heterocycles. The molecule has 0 saturated carbocycles. The Balaban J connectivity index is 1.35. The summed E-state index contributed by atoms with van der Waals surface area (Å²) in [4.78, 5) is 17.8. The van der Waals surface area contributed by atoms with Crippen LogP contribution in [0.5, 0.6) is 17.2 Å². The van der Waals surface area contributed by atoms with Gasteiger partial charge in [-0.25, -0.2) is 0 Å². The summed E-state index contributed by atoms with van der Waals surface area (Å²) in [5.74, 6) is 2.52. The fourth-order valence-electron chi connectivity index (χ4n) is 4.91. The lowest BCUT2D eigenvalue weighted by Crippen LogP contribution is -2.32.